The highest BCUT2D eigenvalue weighted by Gasteiger charge is 2.33. The smallest absolute Gasteiger partial charge is 0.416 e. The number of aryl methyl sites for hydroxylation is 1. The number of carboxylic acids is 1. The molecule has 1 aliphatic carbocycles. The molecule has 0 aromatic heterocycles. The van der Waals surface area contributed by atoms with Gasteiger partial charge in [-0.1, -0.05) is 17.7 Å². The van der Waals surface area contributed by atoms with Gasteiger partial charge in [0.1, 0.15) is 12.4 Å². The summed E-state index contributed by atoms with van der Waals surface area (Å²) in [7, 11) is 0. The highest BCUT2D eigenvalue weighted by Crippen LogP contribution is 2.41. The molecule has 1 N–H and O–H groups in total. The zero-order chi connectivity index (χ0) is 19.8. The van der Waals surface area contributed by atoms with Gasteiger partial charge < -0.3 is 14.6 Å². The number of fused-ring (bicyclic) bond motifs is 1. The molecule has 4 nitrogen and oxygen atoms in total. The fraction of sp³-hybridized carbons (Fsp3) is 0.278. The second kappa shape index (κ2) is 7.36. The summed E-state index contributed by atoms with van der Waals surface area (Å²) in [5, 5.41) is 8.21. The van der Waals surface area contributed by atoms with Crippen LogP contribution in [0.2, 0.25) is 5.02 Å². The average Bonchev–Trinajstić information content (AvgIpc) is 2.97. The molecule has 0 saturated carbocycles. The molecular formula is C18H13ClF4O4. The lowest BCUT2D eigenvalue weighted by molar-refractivity contribution is -0.144. The van der Waals surface area contributed by atoms with Gasteiger partial charge in [-0.3, -0.25) is 0 Å². The fourth-order valence-corrected chi connectivity index (χ4v) is 3.14. The number of ether oxygens (including phenoxy) is 2. The molecule has 0 aliphatic heterocycles. The van der Waals surface area contributed by atoms with Crippen molar-refractivity contribution in [1.29, 1.82) is 0 Å². The van der Waals surface area contributed by atoms with Crippen LogP contribution >= 0.6 is 11.6 Å². The molecular weight excluding hydrogens is 392 g/mol. The quantitative estimate of drug-likeness (QED) is 0.680. The van der Waals surface area contributed by atoms with Crippen LogP contribution in [-0.2, 0) is 22.1 Å². The van der Waals surface area contributed by atoms with E-state index in [2.05, 4.69) is 0 Å². The first-order chi connectivity index (χ1) is 12.6. The van der Waals surface area contributed by atoms with Crippen LogP contribution in [0, 0.1) is 5.82 Å². The van der Waals surface area contributed by atoms with Gasteiger partial charge in [-0.05, 0) is 48.2 Å². The highest BCUT2D eigenvalue weighted by molar-refractivity contribution is 6.32. The maximum Gasteiger partial charge on any atom is 0.416 e. The average molecular weight is 405 g/mol. The molecule has 0 heterocycles. The largest absolute Gasteiger partial charge is 0.480 e. The Morgan fingerprint density at radius 3 is 2.63 bits per heavy atom. The van der Waals surface area contributed by atoms with Gasteiger partial charge in [0, 0.05) is 0 Å². The molecule has 0 fully saturated rings. The van der Waals surface area contributed by atoms with Gasteiger partial charge in [0.05, 0.1) is 16.7 Å². The number of hydrogen-bond acceptors (Lipinski definition) is 3. The van der Waals surface area contributed by atoms with E-state index < -0.39 is 47.0 Å². The van der Waals surface area contributed by atoms with Gasteiger partial charge in [-0.2, -0.15) is 13.2 Å². The van der Waals surface area contributed by atoms with E-state index in [-0.39, 0.29) is 5.75 Å². The second-order valence-corrected chi connectivity index (χ2v) is 6.37. The van der Waals surface area contributed by atoms with E-state index in [0.717, 1.165) is 5.56 Å². The minimum atomic E-state index is -4.73. The Bertz CT molecular complexity index is 859. The lowest BCUT2D eigenvalue weighted by Crippen LogP contribution is -2.10. The minimum absolute atomic E-state index is 0.153. The van der Waals surface area contributed by atoms with Crippen LogP contribution in [0.25, 0.3) is 0 Å². The number of carbonyl (C=O) groups is 1. The summed E-state index contributed by atoms with van der Waals surface area (Å²) in [6.45, 7) is -0.464. The summed E-state index contributed by atoms with van der Waals surface area (Å²) in [4.78, 5) is 10.7. The maximum atomic E-state index is 14.1. The molecule has 0 amide bonds. The molecule has 0 radical (unpaired) electrons. The Hall–Kier alpha value is -2.32. The number of hydrogen-bond donors (Lipinski definition) is 1. The van der Waals surface area contributed by atoms with Crippen molar-refractivity contribution >= 4 is 17.6 Å². The molecule has 1 unspecified atom stereocenters. The number of alkyl halides is 3. The molecule has 27 heavy (non-hydrogen) atoms. The van der Waals surface area contributed by atoms with E-state index in [9.17, 15) is 22.4 Å². The lowest BCUT2D eigenvalue weighted by Gasteiger charge is -2.15. The fourth-order valence-electron chi connectivity index (χ4n) is 2.89. The first-order valence-corrected chi connectivity index (χ1v) is 8.23. The molecule has 0 saturated heterocycles. The zero-order valence-corrected chi connectivity index (χ0v) is 14.4. The van der Waals surface area contributed by atoms with Gasteiger partial charge in [-0.15, -0.1) is 0 Å². The number of halogens is 5. The summed E-state index contributed by atoms with van der Waals surface area (Å²) in [6, 6.07) is 5.69. The van der Waals surface area contributed by atoms with Crippen molar-refractivity contribution in [1.82, 2.24) is 0 Å². The zero-order valence-electron chi connectivity index (χ0n) is 13.6. The van der Waals surface area contributed by atoms with Crippen LogP contribution in [0.4, 0.5) is 17.6 Å². The van der Waals surface area contributed by atoms with Crippen LogP contribution in [-0.4, -0.2) is 17.7 Å². The summed E-state index contributed by atoms with van der Waals surface area (Å²) in [6.07, 6.45) is -3.92. The van der Waals surface area contributed by atoms with Gasteiger partial charge in [-0.25, -0.2) is 9.18 Å². The molecule has 0 spiro atoms. The van der Waals surface area contributed by atoms with E-state index in [4.69, 9.17) is 26.2 Å². The van der Waals surface area contributed by atoms with Gasteiger partial charge in [0.15, 0.2) is 11.6 Å². The third-order valence-corrected chi connectivity index (χ3v) is 4.37. The second-order valence-electron chi connectivity index (χ2n) is 5.96. The molecule has 0 bridgehead atoms. The first-order valence-electron chi connectivity index (χ1n) is 7.85. The van der Waals surface area contributed by atoms with Crippen molar-refractivity contribution < 1.29 is 36.9 Å². The third kappa shape index (κ3) is 4.33. The molecule has 2 aromatic carbocycles. The minimum Gasteiger partial charge on any atom is -0.480 e. The number of aliphatic carboxylic acids is 1. The Morgan fingerprint density at radius 2 is 2.00 bits per heavy atom. The van der Waals surface area contributed by atoms with Crippen LogP contribution < -0.4 is 4.74 Å². The summed E-state index contributed by atoms with van der Waals surface area (Å²) < 4.78 is 62.9. The van der Waals surface area contributed by atoms with Crippen molar-refractivity contribution in [2.45, 2.75) is 25.1 Å². The Balaban J connectivity index is 1.85. The predicted molar refractivity (Wildman–Crippen MR) is 87.6 cm³/mol. The monoisotopic (exact) mass is 404 g/mol. The molecule has 144 valence electrons. The van der Waals surface area contributed by atoms with Gasteiger partial charge >= 0.3 is 12.1 Å². The van der Waals surface area contributed by atoms with E-state index in [0.29, 0.717) is 30.5 Å². The SMILES string of the molecule is O=C(O)COC1CCc2ccc(Oc3c(F)cc(C(F)(F)F)cc3Cl)cc21. The number of rotatable bonds is 5. The van der Waals surface area contributed by atoms with Crippen LogP contribution in [0.1, 0.15) is 29.2 Å². The van der Waals surface area contributed by atoms with E-state index in [1.165, 1.54) is 6.07 Å². The van der Waals surface area contributed by atoms with Crippen molar-refractivity contribution in [3.8, 4) is 11.5 Å². The van der Waals surface area contributed by atoms with Crippen molar-refractivity contribution in [3.05, 3.63) is 57.9 Å². The number of carboxylic acid groups (broad SMARTS) is 1. The summed E-state index contributed by atoms with van der Waals surface area (Å²) in [5.74, 6) is -2.71. The molecule has 9 heteroatoms. The van der Waals surface area contributed by atoms with E-state index in [1.807, 2.05) is 0 Å². The normalized spacial score (nSPS) is 16.3. The van der Waals surface area contributed by atoms with Crippen LogP contribution in [0.5, 0.6) is 11.5 Å². The van der Waals surface area contributed by atoms with Crippen molar-refractivity contribution in [2.24, 2.45) is 0 Å². The third-order valence-electron chi connectivity index (χ3n) is 4.09. The molecule has 2 aromatic rings. The summed E-state index contributed by atoms with van der Waals surface area (Å²) in [5.41, 5.74) is 0.405. The lowest BCUT2D eigenvalue weighted by atomic mass is 10.1. The highest BCUT2D eigenvalue weighted by atomic mass is 35.5. The molecule has 1 aliphatic rings. The first kappa shape index (κ1) is 19.4. The van der Waals surface area contributed by atoms with Gasteiger partial charge in [0.25, 0.3) is 0 Å². The Morgan fingerprint density at radius 1 is 1.26 bits per heavy atom. The number of benzene rings is 2. The Kier molecular flexibility index (Phi) is 5.30. The summed E-state index contributed by atoms with van der Waals surface area (Å²) >= 11 is 5.77. The van der Waals surface area contributed by atoms with Crippen molar-refractivity contribution in [3.63, 3.8) is 0 Å². The van der Waals surface area contributed by atoms with Crippen LogP contribution in [0.3, 0.4) is 0 Å². The van der Waals surface area contributed by atoms with E-state index >= 15 is 0 Å². The Labute approximate surface area is 156 Å². The molecule has 1 atom stereocenters. The van der Waals surface area contributed by atoms with Crippen LogP contribution in [0.15, 0.2) is 30.3 Å². The standard InChI is InChI=1S/C18H13ClF4O4/c19-13-5-10(18(21,22)23)6-14(20)17(13)27-11-3-1-9-2-4-15(12(9)7-11)26-8-16(24)25/h1,3,5-7,15H,2,4,8H2,(H,24,25). The van der Waals surface area contributed by atoms with Crippen molar-refractivity contribution in [2.75, 3.05) is 6.61 Å². The maximum absolute atomic E-state index is 14.1. The predicted octanol–water partition coefficient (Wildman–Crippen LogP) is 5.38. The van der Waals surface area contributed by atoms with E-state index in [1.54, 1.807) is 12.1 Å². The molecule has 3 rings (SSSR count). The topological polar surface area (TPSA) is 55.8 Å². The van der Waals surface area contributed by atoms with Gasteiger partial charge in [0.2, 0.25) is 0 Å².